The number of hydrogen-bond donors (Lipinski definition) is 0. The standard InChI is InChI=1S/C15H8F2N2O2/c16-11-5-1-9(2-6-11)13(20)14-18-15(21-19-14)10-3-7-12(17)8-4-10/h1-8H. The van der Waals surface area contributed by atoms with Gasteiger partial charge in [0.15, 0.2) is 0 Å². The number of aromatic nitrogens is 2. The maximum atomic E-state index is 12.8. The lowest BCUT2D eigenvalue weighted by atomic mass is 10.1. The quantitative estimate of drug-likeness (QED) is 0.693. The minimum atomic E-state index is -0.480. The molecule has 0 bridgehead atoms. The first-order valence-electron chi connectivity index (χ1n) is 6.03. The van der Waals surface area contributed by atoms with Gasteiger partial charge in [0.25, 0.3) is 5.89 Å². The van der Waals surface area contributed by atoms with Gasteiger partial charge < -0.3 is 4.52 Å². The molecule has 4 nitrogen and oxygen atoms in total. The van der Waals surface area contributed by atoms with Crippen LogP contribution in [0, 0.1) is 11.6 Å². The zero-order chi connectivity index (χ0) is 14.8. The van der Waals surface area contributed by atoms with Gasteiger partial charge in [-0.25, -0.2) is 8.78 Å². The van der Waals surface area contributed by atoms with Crippen LogP contribution < -0.4 is 0 Å². The van der Waals surface area contributed by atoms with Crippen molar-refractivity contribution in [1.82, 2.24) is 10.1 Å². The second-order valence-electron chi connectivity index (χ2n) is 4.27. The van der Waals surface area contributed by atoms with Crippen LogP contribution in [0.2, 0.25) is 0 Å². The van der Waals surface area contributed by atoms with Crippen LogP contribution in [-0.2, 0) is 0 Å². The minimum absolute atomic E-state index is 0.112. The predicted octanol–water partition coefficient (Wildman–Crippen LogP) is 3.25. The average Bonchev–Trinajstić information content (AvgIpc) is 2.98. The molecule has 1 heterocycles. The Labute approximate surface area is 118 Å². The summed E-state index contributed by atoms with van der Waals surface area (Å²) in [6.07, 6.45) is 0. The molecule has 0 N–H and O–H groups in total. The molecule has 0 aliphatic rings. The number of benzene rings is 2. The molecule has 0 radical (unpaired) electrons. The highest BCUT2D eigenvalue weighted by atomic mass is 19.1. The summed E-state index contributed by atoms with van der Waals surface area (Å²) in [4.78, 5) is 16.1. The van der Waals surface area contributed by atoms with Gasteiger partial charge in [0.2, 0.25) is 11.6 Å². The topological polar surface area (TPSA) is 56.0 Å². The molecular weight excluding hydrogens is 278 g/mol. The highest BCUT2D eigenvalue weighted by Gasteiger charge is 2.17. The fourth-order valence-electron chi connectivity index (χ4n) is 1.76. The van der Waals surface area contributed by atoms with Gasteiger partial charge in [-0.1, -0.05) is 5.16 Å². The third-order valence-corrected chi connectivity index (χ3v) is 2.83. The van der Waals surface area contributed by atoms with Crippen molar-refractivity contribution >= 4 is 5.78 Å². The molecule has 0 aliphatic heterocycles. The molecule has 0 fully saturated rings. The van der Waals surface area contributed by atoms with Crippen molar-refractivity contribution in [3.8, 4) is 11.5 Å². The molecule has 1 aromatic heterocycles. The van der Waals surface area contributed by atoms with E-state index in [9.17, 15) is 13.6 Å². The van der Waals surface area contributed by atoms with Crippen molar-refractivity contribution in [2.75, 3.05) is 0 Å². The Kier molecular flexibility index (Phi) is 3.27. The Morgan fingerprint density at radius 3 is 2.10 bits per heavy atom. The highest BCUT2D eigenvalue weighted by molar-refractivity contribution is 6.06. The first-order valence-corrected chi connectivity index (χ1v) is 6.03. The molecule has 104 valence electrons. The third kappa shape index (κ3) is 2.69. The third-order valence-electron chi connectivity index (χ3n) is 2.83. The van der Waals surface area contributed by atoms with Crippen LogP contribution in [0.25, 0.3) is 11.5 Å². The molecule has 2 aromatic carbocycles. The van der Waals surface area contributed by atoms with Crippen LogP contribution in [0.3, 0.4) is 0 Å². The van der Waals surface area contributed by atoms with Gasteiger partial charge in [0, 0.05) is 11.1 Å². The van der Waals surface area contributed by atoms with Gasteiger partial charge >= 0.3 is 0 Å². The Morgan fingerprint density at radius 1 is 0.905 bits per heavy atom. The van der Waals surface area contributed by atoms with E-state index in [1.165, 1.54) is 48.5 Å². The van der Waals surface area contributed by atoms with E-state index in [4.69, 9.17) is 4.52 Å². The van der Waals surface area contributed by atoms with Gasteiger partial charge in [0.05, 0.1) is 0 Å². The molecule has 3 rings (SSSR count). The van der Waals surface area contributed by atoms with E-state index in [-0.39, 0.29) is 23.1 Å². The maximum Gasteiger partial charge on any atom is 0.258 e. The first kappa shape index (κ1) is 13.1. The lowest BCUT2D eigenvalue weighted by Crippen LogP contribution is -2.03. The van der Waals surface area contributed by atoms with Crippen molar-refractivity contribution in [3.63, 3.8) is 0 Å². The van der Waals surface area contributed by atoms with Crippen LogP contribution in [0.5, 0.6) is 0 Å². The highest BCUT2D eigenvalue weighted by Crippen LogP contribution is 2.18. The van der Waals surface area contributed by atoms with E-state index in [2.05, 4.69) is 10.1 Å². The molecule has 0 unspecified atom stereocenters. The van der Waals surface area contributed by atoms with Crippen LogP contribution in [-0.4, -0.2) is 15.9 Å². The van der Waals surface area contributed by atoms with Crippen molar-refractivity contribution in [3.05, 3.63) is 71.6 Å². The smallest absolute Gasteiger partial charge is 0.258 e. The second-order valence-corrected chi connectivity index (χ2v) is 4.27. The predicted molar refractivity (Wildman–Crippen MR) is 69.5 cm³/mol. The molecule has 0 saturated carbocycles. The molecule has 6 heteroatoms. The average molecular weight is 286 g/mol. The fraction of sp³-hybridized carbons (Fsp3) is 0. The fourth-order valence-corrected chi connectivity index (χ4v) is 1.76. The van der Waals surface area contributed by atoms with Gasteiger partial charge in [-0.05, 0) is 48.5 Å². The molecule has 0 atom stereocenters. The number of halogens is 2. The van der Waals surface area contributed by atoms with E-state index >= 15 is 0 Å². The summed E-state index contributed by atoms with van der Waals surface area (Å²) in [5.41, 5.74) is 0.755. The minimum Gasteiger partial charge on any atom is -0.333 e. The molecule has 0 saturated heterocycles. The number of nitrogens with zero attached hydrogens (tertiary/aromatic N) is 2. The van der Waals surface area contributed by atoms with Crippen LogP contribution in [0.15, 0.2) is 53.1 Å². The first-order chi connectivity index (χ1) is 10.1. The zero-order valence-corrected chi connectivity index (χ0v) is 10.6. The van der Waals surface area contributed by atoms with Crippen molar-refractivity contribution < 1.29 is 18.1 Å². The Morgan fingerprint density at radius 2 is 1.48 bits per heavy atom. The molecule has 0 spiro atoms. The number of carbonyl (C=O) groups is 1. The maximum absolute atomic E-state index is 12.8. The summed E-state index contributed by atoms with van der Waals surface area (Å²) in [5.74, 6) is -1.33. The monoisotopic (exact) mass is 286 g/mol. The van der Waals surface area contributed by atoms with Crippen LogP contribution in [0.4, 0.5) is 8.78 Å². The van der Waals surface area contributed by atoms with Crippen molar-refractivity contribution in [1.29, 1.82) is 0 Å². The van der Waals surface area contributed by atoms with Crippen molar-refractivity contribution in [2.24, 2.45) is 0 Å². The molecule has 21 heavy (non-hydrogen) atoms. The van der Waals surface area contributed by atoms with E-state index in [1.807, 2.05) is 0 Å². The van der Waals surface area contributed by atoms with Gasteiger partial charge in [-0.15, -0.1) is 0 Å². The van der Waals surface area contributed by atoms with Crippen LogP contribution >= 0.6 is 0 Å². The second kappa shape index (κ2) is 5.24. The lowest BCUT2D eigenvalue weighted by Gasteiger charge is -1.95. The summed E-state index contributed by atoms with van der Waals surface area (Å²) in [6.45, 7) is 0. The Hall–Kier alpha value is -2.89. The molecule has 0 aliphatic carbocycles. The summed E-state index contributed by atoms with van der Waals surface area (Å²) in [6, 6.07) is 10.5. The number of hydrogen-bond acceptors (Lipinski definition) is 4. The van der Waals surface area contributed by atoms with E-state index < -0.39 is 11.6 Å². The van der Waals surface area contributed by atoms with E-state index in [1.54, 1.807) is 0 Å². The van der Waals surface area contributed by atoms with E-state index in [0.29, 0.717) is 5.56 Å². The summed E-state index contributed by atoms with van der Waals surface area (Å²) < 4.78 is 30.6. The SMILES string of the molecule is O=C(c1ccc(F)cc1)c1noc(-c2ccc(F)cc2)n1. The summed E-state index contributed by atoms with van der Waals surface area (Å²) in [7, 11) is 0. The number of ketones is 1. The van der Waals surface area contributed by atoms with Gasteiger partial charge in [0.1, 0.15) is 11.6 Å². The lowest BCUT2D eigenvalue weighted by molar-refractivity contribution is 0.102. The normalized spacial score (nSPS) is 10.6. The summed E-state index contributed by atoms with van der Waals surface area (Å²) >= 11 is 0. The number of rotatable bonds is 3. The largest absolute Gasteiger partial charge is 0.333 e. The van der Waals surface area contributed by atoms with Gasteiger partial charge in [-0.2, -0.15) is 4.98 Å². The molecule has 0 amide bonds. The summed E-state index contributed by atoms with van der Waals surface area (Å²) in [5, 5.41) is 3.59. The van der Waals surface area contributed by atoms with E-state index in [0.717, 1.165) is 0 Å². The molecular formula is C15H8F2N2O2. The molecule has 3 aromatic rings. The Bertz CT molecular complexity index is 780. The Balaban J connectivity index is 1.89. The van der Waals surface area contributed by atoms with Gasteiger partial charge in [-0.3, -0.25) is 4.79 Å². The number of carbonyl (C=O) groups excluding carboxylic acids is 1. The zero-order valence-electron chi connectivity index (χ0n) is 10.6. The van der Waals surface area contributed by atoms with Crippen molar-refractivity contribution in [2.45, 2.75) is 0 Å². The van der Waals surface area contributed by atoms with Crippen LogP contribution in [0.1, 0.15) is 16.2 Å².